The molecule has 19 heavy (non-hydrogen) atoms. The zero-order valence-electron chi connectivity index (χ0n) is 12.6. The van der Waals surface area contributed by atoms with Gasteiger partial charge in [0.15, 0.2) is 0 Å². The van der Waals surface area contributed by atoms with Gasteiger partial charge in [0, 0.05) is 19.7 Å². The monoisotopic (exact) mass is 265 g/mol. The fraction of sp³-hybridized carbons (Fsp3) is 0.625. The zero-order valence-corrected chi connectivity index (χ0v) is 12.6. The predicted octanol–water partition coefficient (Wildman–Crippen LogP) is 2.64. The summed E-state index contributed by atoms with van der Waals surface area (Å²) in [5.74, 6) is 0. The molecule has 2 atom stereocenters. The van der Waals surface area contributed by atoms with Crippen LogP contribution in [-0.4, -0.2) is 42.9 Å². The van der Waals surface area contributed by atoms with Crippen LogP contribution in [-0.2, 0) is 11.2 Å². The summed E-state index contributed by atoms with van der Waals surface area (Å²) in [7, 11) is 1.71. The smallest absolute Gasteiger partial charge is 0.0942 e. The Bertz CT molecular complexity index is 350. The second-order valence-electron chi connectivity index (χ2n) is 4.90. The molecule has 0 heterocycles. The molecule has 0 fully saturated rings. The highest BCUT2D eigenvalue weighted by atomic mass is 16.5. The molecule has 0 spiro atoms. The van der Waals surface area contributed by atoms with Crippen LogP contribution in [0.1, 0.15) is 38.0 Å². The summed E-state index contributed by atoms with van der Waals surface area (Å²) >= 11 is 0. The molecule has 0 saturated carbocycles. The lowest BCUT2D eigenvalue weighted by atomic mass is 10.0. The SMILES string of the molecule is CCc1ccc(C(O)C(C)N(CC)CCOC)cc1. The number of aliphatic hydroxyl groups excluding tert-OH is 1. The van der Waals surface area contributed by atoms with E-state index in [1.165, 1.54) is 5.56 Å². The number of hydrogen-bond acceptors (Lipinski definition) is 3. The minimum Gasteiger partial charge on any atom is -0.387 e. The van der Waals surface area contributed by atoms with Crippen molar-refractivity contribution in [3.8, 4) is 0 Å². The van der Waals surface area contributed by atoms with Crippen LogP contribution in [0.2, 0.25) is 0 Å². The molecule has 1 aromatic rings. The second kappa shape index (κ2) is 8.31. The summed E-state index contributed by atoms with van der Waals surface area (Å²) in [6.45, 7) is 8.76. The number of benzene rings is 1. The number of aliphatic hydroxyl groups is 1. The number of aryl methyl sites for hydroxylation is 1. The average Bonchev–Trinajstić information content (AvgIpc) is 2.47. The lowest BCUT2D eigenvalue weighted by Crippen LogP contribution is -2.39. The molecule has 3 nitrogen and oxygen atoms in total. The van der Waals surface area contributed by atoms with Gasteiger partial charge in [0.25, 0.3) is 0 Å². The van der Waals surface area contributed by atoms with E-state index in [2.05, 4.69) is 37.8 Å². The Kier molecular flexibility index (Phi) is 7.06. The Morgan fingerprint density at radius 3 is 2.32 bits per heavy atom. The first-order valence-electron chi connectivity index (χ1n) is 7.13. The van der Waals surface area contributed by atoms with Crippen molar-refractivity contribution >= 4 is 0 Å². The summed E-state index contributed by atoms with van der Waals surface area (Å²) < 4.78 is 5.12. The molecule has 2 unspecified atom stereocenters. The fourth-order valence-corrected chi connectivity index (χ4v) is 2.29. The third kappa shape index (κ3) is 4.60. The van der Waals surface area contributed by atoms with Gasteiger partial charge in [-0.1, -0.05) is 38.1 Å². The molecule has 0 aromatic heterocycles. The van der Waals surface area contributed by atoms with Crippen molar-refractivity contribution in [3.63, 3.8) is 0 Å². The number of methoxy groups -OCH3 is 1. The van der Waals surface area contributed by atoms with Crippen LogP contribution in [0, 0.1) is 0 Å². The van der Waals surface area contributed by atoms with Crippen LogP contribution < -0.4 is 0 Å². The minimum absolute atomic E-state index is 0.0904. The molecule has 0 amide bonds. The number of ether oxygens (including phenoxy) is 1. The summed E-state index contributed by atoms with van der Waals surface area (Å²) in [5, 5.41) is 10.5. The maximum atomic E-state index is 10.5. The molecule has 0 aliphatic rings. The van der Waals surface area contributed by atoms with Crippen molar-refractivity contribution in [2.45, 2.75) is 39.3 Å². The largest absolute Gasteiger partial charge is 0.387 e. The lowest BCUT2D eigenvalue weighted by molar-refractivity contribution is 0.0446. The van der Waals surface area contributed by atoms with E-state index in [1.54, 1.807) is 7.11 Å². The highest BCUT2D eigenvalue weighted by Gasteiger charge is 2.21. The van der Waals surface area contributed by atoms with Gasteiger partial charge < -0.3 is 9.84 Å². The van der Waals surface area contributed by atoms with E-state index in [9.17, 15) is 5.11 Å². The van der Waals surface area contributed by atoms with Crippen molar-refractivity contribution in [3.05, 3.63) is 35.4 Å². The van der Waals surface area contributed by atoms with Gasteiger partial charge in [0.1, 0.15) is 0 Å². The quantitative estimate of drug-likeness (QED) is 0.784. The molecule has 1 aromatic carbocycles. The number of hydrogen-bond donors (Lipinski definition) is 1. The number of likely N-dealkylation sites (N-methyl/N-ethyl adjacent to an activating group) is 1. The molecule has 108 valence electrons. The van der Waals surface area contributed by atoms with E-state index < -0.39 is 6.10 Å². The van der Waals surface area contributed by atoms with Crippen LogP contribution in [0.25, 0.3) is 0 Å². The molecule has 3 heteroatoms. The zero-order chi connectivity index (χ0) is 14.3. The molecule has 0 radical (unpaired) electrons. The van der Waals surface area contributed by atoms with Crippen molar-refractivity contribution < 1.29 is 9.84 Å². The topological polar surface area (TPSA) is 32.7 Å². The number of rotatable bonds is 8. The van der Waals surface area contributed by atoms with Crippen LogP contribution in [0.4, 0.5) is 0 Å². The van der Waals surface area contributed by atoms with Gasteiger partial charge in [-0.2, -0.15) is 0 Å². The molecule has 1 rings (SSSR count). The highest BCUT2D eigenvalue weighted by molar-refractivity contribution is 5.24. The molecular weight excluding hydrogens is 238 g/mol. The van der Waals surface area contributed by atoms with Gasteiger partial charge in [-0.25, -0.2) is 0 Å². The van der Waals surface area contributed by atoms with Crippen LogP contribution in [0.3, 0.4) is 0 Å². The van der Waals surface area contributed by atoms with Gasteiger partial charge in [-0.3, -0.25) is 4.90 Å². The molecule has 1 N–H and O–H groups in total. The predicted molar refractivity (Wildman–Crippen MR) is 79.4 cm³/mol. The summed E-state index contributed by atoms with van der Waals surface area (Å²) in [6.07, 6.45) is 0.573. The average molecular weight is 265 g/mol. The third-order valence-corrected chi connectivity index (χ3v) is 3.75. The third-order valence-electron chi connectivity index (χ3n) is 3.75. The Balaban J connectivity index is 2.70. The fourth-order valence-electron chi connectivity index (χ4n) is 2.29. The van der Waals surface area contributed by atoms with E-state index in [4.69, 9.17) is 4.74 Å². The highest BCUT2D eigenvalue weighted by Crippen LogP contribution is 2.21. The Morgan fingerprint density at radius 1 is 1.21 bits per heavy atom. The first-order valence-corrected chi connectivity index (χ1v) is 7.13. The number of nitrogens with zero attached hydrogens (tertiary/aromatic N) is 1. The van der Waals surface area contributed by atoms with E-state index in [0.717, 1.165) is 25.1 Å². The molecule has 0 aliphatic carbocycles. The van der Waals surface area contributed by atoms with Gasteiger partial charge in [0.2, 0.25) is 0 Å². The standard InChI is InChI=1S/C16H27NO2/c1-5-14-7-9-15(10-8-14)16(18)13(3)17(6-2)11-12-19-4/h7-10,13,16,18H,5-6,11-12H2,1-4H3. The lowest BCUT2D eigenvalue weighted by Gasteiger charge is -2.31. The maximum absolute atomic E-state index is 10.5. The van der Waals surface area contributed by atoms with Gasteiger partial charge in [0.05, 0.1) is 12.7 Å². The van der Waals surface area contributed by atoms with E-state index in [-0.39, 0.29) is 6.04 Å². The molecule has 0 saturated heterocycles. The molecular formula is C16H27NO2. The van der Waals surface area contributed by atoms with Crippen LogP contribution in [0.5, 0.6) is 0 Å². The van der Waals surface area contributed by atoms with E-state index in [1.807, 2.05) is 12.1 Å². The second-order valence-corrected chi connectivity index (χ2v) is 4.90. The van der Waals surface area contributed by atoms with Crippen molar-refractivity contribution in [2.24, 2.45) is 0 Å². The normalized spacial score (nSPS) is 14.6. The van der Waals surface area contributed by atoms with Gasteiger partial charge in [-0.15, -0.1) is 0 Å². The summed E-state index contributed by atoms with van der Waals surface area (Å²) in [6, 6.07) is 8.34. The Hall–Kier alpha value is -0.900. The Labute approximate surface area is 117 Å². The van der Waals surface area contributed by atoms with E-state index in [0.29, 0.717) is 6.61 Å². The van der Waals surface area contributed by atoms with Crippen LogP contribution in [0.15, 0.2) is 24.3 Å². The maximum Gasteiger partial charge on any atom is 0.0942 e. The van der Waals surface area contributed by atoms with Crippen LogP contribution >= 0.6 is 0 Å². The van der Waals surface area contributed by atoms with Crippen molar-refractivity contribution in [1.82, 2.24) is 4.90 Å². The van der Waals surface area contributed by atoms with E-state index >= 15 is 0 Å². The van der Waals surface area contributed by atoms with Crippen molar-refractivity contribution in [2.75, 3.05) is 26.8 Å². The van der Waals surface area contributed by atoms with Crippen molar-refractivity contribution in [1.29, 1.82) is 0 Å². The molecule has 0 aliphatic heterocycles. The molecule has 0 bridgehead atoms. The minimum atomic E-state index is -0.456. The summed E-state index contributed by atoms with van der Waals surface area (Å²) in [4.78, 5) is 2.24. The van der Waals surface area contributed by atoms with Gasteiger partial charge >= 0.3 is 0 Å². The van der Waals surface area contributed by atoms with Gasteiger partial charge in [-0.05, 0) is 31.0 Å². The first kappa shape index (κ1) is 16.2. The summed E-state index contributed by atoms with van der Waals surface area (Å²) in [5.41, 5.74) is 2.29. The Morgan fingerprint density at radius 2 is 1.84 bits per heavy atom. The first-order chi connectivity index (χ1) is 9.13.